The SMILES string of the molecule is CC1(O)CN(C(=O)C2CC3C=CC2C3)C1. The third kappa shape index (κ3) is 1.41. The maximum Gasteiger partial charge on any atom is 0.226 e. The van der Waals surface area contributed by atoms with Crippen LogP contribution in [0.2, 0.25) is 0 Å². The molecule has 1 saturated heterocycles. The highest BCUT2D eigenvalue weighted by atomic mass is 16.3. The van der Waals surface area contributed by atoms with Crippen LogP contribution in [0.15, 0.2) is 12.2 Å². The zero-order valence-corrected chi connectivity index (χ0v) is 9.02. The van der Waals surface area contributed by atoms with Crippen LogP contribution < -0.4 is 0 Å². The molecule has 1 N–H and O–H groups in total. The van der Waals surface area contributed by atoms with Gasteiger partial charge in [0.05, 0.1) is 18.7 Å². The van der Waals surface area contributed by atoms with Gasteiger partial charge in [0.25, 0.3) is 0 Å². The Kier molecular flexibility index (Phi) is 1.78. The molecule has 0 spiro atoms. The molecule has 2 bridgehead atoms. The van der Waals surface area contributed by atoms with E-state index in [2.05, 4.69) is 12.2 Å². The molecular weight excluding hydrogens is 190 g/mol. The Morgan fingerprint density at radius 1 is 1.40 bits per heavy atom. The van der Waals surface area contributed by atoms with Crippen molar-refractivity contribution in [2.45, 2.75) is 25.4 Å². The molecule has 2 aliphatic carbocycles. The van der Waals surface area contributed by atoms with Crippen LogP contribution in [-0.2, 0) is 4.79 Å². The molecule has 1 amide bonds. The molecule has 3 heteroatoms. The molecule has 1 heterocycles. The number of aliphatic hydroxyl groups is 1. The van der Waals surface area contributed by atoms with E-state index in [4.69, 9.17) is 0 Å². The summed E-state index contributed by atoms with van der Waals surface area (Å²) in [6.45, 7) is 2.82. The second kappa shape index (κ2) is 2.85. The predicted octanol–water partition coefficient (Wildman–Crippen LogP) is 0.792. The highest BCUT2D eigenvalue weighted by molar-refractivity contribution is 5.81. The lowest BCUT2D eigenvalue weighted by Gasteiger charge is -2.45. The van der Waals surface area contributed by atoms with Gasteiger partial charge in [-0.3, -0.25) is 4.79 Å². The van der Waals surface area contributed by atoms with Crippen LogP contribution in [0.25, 0.3) is 0 Å². The van der Waals surface area contributed by atoms with Crippen LogP contribution in [0.4, 0.5) is 0 Å². The zero-order chi connectivity index (χ0) is 10.6. The van der Waals surface area contributed by atoms with Crippen LogP contribution in [0.5, 0.6) is 0 Å². The first-order valence-electron chi connectivity index (χ1n) is 5.75. The highest BCUT2D eigenvalue weighted by Crippen LogP contribution is 2.44. The molecule has 3 aliphatic rings. The van der Waals surface area contributed by atoms with Gasteiger partial charge in [-0.15, -0.1) is 0 Å². The minimum absolute atomic E-state index is 0.205. The quantitative estimate of drug-likeness (QED) is 0.646. The summed E-state index contributed by atoms with van der Waals surface area (Å²) in [6.07, 6.45) is 6.65. The molecule has 15 heavy (non-hydrogen) atoms. The molecule has 0 radical (unpaired) electrons. The van der Waals surface area contributed by atoms with Gasteiger partial charge in [0.2, 0.25) is 5.91 Å². The summed E-state index contributed by atoms with van der Waals surface area (Å²) in [6, 6.07) is 0. The number of amides is 1. The van der Waals surface area contributed by atoms with E-state index in [1.165, 1.54) is 6.42 Å². The second-order valence-electron chi connectivity index (χ2n) is 5.58. The summed E-state index contributed by atoms with van der Waals surface area (Å²) in [5, 5.41) is 9.60. The fraction of sp³-hybridized carbons (Fsp3) is 0.750. The summed E-state index contributed by atoms with van der Waals surface area (Å²) >= 11 is 0. The van der Waals surface area contributed by atoms with E-state index in [-0.39, 0.29) is 11.8 Å². The molecule has 3 atom stereocenters. The van der Waals surface area contributed by atoms with Crippen molar-refractivity contribution in [3.05, 3.63) is 12.2 Å². The first-order valence-corrected chi connectivity index (χ1v) is 5.75. The topological polar surface area (TPSA) is 40.5 Å². The lowest BCUT2D eigenvalue weighted by molar-refractivity contribution is -0.157. The lowest BCUT2D eigenvalue weighted by atomic mass is 9.88. The molecule has 0 aromatic rings. The van der Waals surface area contributed by atoms with Crippen molar-refractivity contribution in [2.75, 3.05) is 13.1 Å². The molecule has 3 nitrogen and oxygen atoms in total. The Morgan fingerprint density at radius 2 is 2.13 bits per heavy atom. The average molecular weight is 207 g/mol. The van der Waals surface area contributed by atoms with Crippen molar-refractivity contribution in [1.82, 2.24) is 4.90 Å². The third-order valence-corrected chi connectivity index (χ3v) is 3.97. The number of hydrogen-bond donors (Lipinski definition) is 1. The van der Waals surface area contributed by atoms with E-state index < -0.39 is 5.60 Å². The average Bonchev–Trinajstić information content (AvgIpc) is 2.73. The molecule has 0 aromatic heterocycles. The van der Waals surface area contributed by atoms with Crippen molar-refractivity contribution < 1.29 is 9.90 Å². The summed E-state index contributed by atoms with van der Waals surface area (Å²) in [7, 11) is 0. The Morgan fingerprint density at radius 3 is 2.60 bits per heavy atom. The number of fused-ring (bicyclic) bond motifs is 2. The molecule has 1 aliphatic heterocycles. The Labute approximate surface area is 89.8 Å². The number of rotatable bonds is 1. The number of β-amino-alcohol motifs (C(OH)–C–C–N with tert-alkyl or cyclic N) is 1. The van der Waals surface area contributed by atoms with Crippen molar-refractivity contribution in [3.8, 4) is 0 Å². The van der Waals surface area contributed by atoms with Crippen LogP contribution in [-0.4, -0.2) is 34.6 Å². The van der Waals surface area contributed by atoms with Crippen molar-refractivity contribution in [1.29, 1.82) is 0 Å². The van der Waals surface area contributed by atoms with E-state index in [1.807, 2.05) is 0 Å². The minimum atomic E-state index is -0.636. The Bertz CT molecular complexity index is 327. The summed E-state index contributed by atoms with van der Waals surface area (Å²) < 4.78 is 0. The number of likely N-dealkylation sites (tertiary alicyclic amines) is 1. The first-order chi connectivity index (χ1) is 7.05. The summed E-state index contributed by atoms with van der Waals surface area (Å²) in [5.74, 6) is 1.59. The smallest absolute Gasteiger partial charge is 0.226 e. The fourth-order valence-corrected chi connectivity index (χ4v) is 3.23. The highest BCUT2D eigenvalue weighted by Gasteiger charge is 2.46. The van der Waals surface area contributed by atoms with E-state index in [0.717, 1.165) is 6.42 Å². The van der Waals surface area contributed by atoms with Gasteiger partial charge in [0.15, 0.2) is 0 Å². The Hall–Kier alpha value is -0.830. The molecule has 2 fully saturated rings. The van der Waals surface area contributed by atoms with Crippen LogP contribution in [0.3, 0.4) is 0 Å². The monoisotopic (exact) mass is 207 g/mol. The van der Waals surface area contributed by atoms with Crippen molar-refractivity contribution in [3.63, 3.8) is 0 Å². The normalized spacial score (nSPS) is 40.7. The molecule has 3 unspecified atom stereocenters. The van der Waals surface area contributed by atoms with Crippen LogP contribution >= 0.6 is 0 Å². The maximum absolute atomic E-state index is 12.1. The van der Waals surface area contributed by atoms with Gasteiger partial charge in [-0.25, -0.2) is 0 Å². The van der Waals surface area contributed by atoms with E-state index in [9.17, 15) is 9.90 Å². The largest absolute Gasteiger partial charge is 0.386 e. The fourth-order valence-electron chi connectivity index (χ4n) is 3.23. The van der Waals surface area contributed by atoms with Gasteiger partial charge < -0.3 is 10.0 Å². The number of nitrogens with zero attached hydrogens (tertiary/aromatic N) is 1. The maximum atomic E-state index is 12.1. The van der Waals surface area contributed by atoms with E-state index in [1.54, 1.807) is 11.8 Å². The van der Waals surface area contributed by atoms with E-state index >= 15 is 0 Å². The van der Waals surface area contributed by atoms with Gasteiger partial charge in [0.1, 0.15) is 0 Å². The van der Waals surface area contributed by atoms with Gasteiger partial charge in [-0.05, 0) is 31.6 Å². The molecular formula is C12H17NO2. The summed E-state index contributed by atoms with van der Waals surface area (Å²) in [5.41, 5.74) is -0.636. The first kappa shape index (κ1) is 9.40. The predicted molar refractivity (Wildman–Crippen MR) is 56.0 cm³/mol. The third-order valence-electron chi connectivity index (χ3n) is 3.97. The number of hydrogen-bond acceptors (Lipinski definition) is 2. The van der Waals surface area contributed by atoms with Gasteiger partial charge in [-0.2, -0.15) is 0 Å². The molecule has 82 valence electrons. The van der Waals surface area contributed by atoms with Crippen LogP contribution in [0, 0.1) is 17.8 Å². The minimum Gasteiger partial charge on any atom is -0.386 e. The Balaban J connectivity index is 1.65. The number of carbonyl (C=O) groups is 1. The number of allylic oxidation sites excluding steroid dienone is 2. The zero-order valence-electron chi connectivity index (χ0n) is 9.02. The van der Waals surface area contributed by atoms with E-state index in [0.29, 0.717) is 24.9 Å². The van der Waals surface area contributed by atoms with Crippen LogP contribution in [0.1, 0.15) is 19.8 Å². The number of carbonyl (C=O) groups excluding carboxylic acids is 1. The van der Waals surface area contributed by atoms with Crippen molar-refractivity contribution >= 4 is 5.91 Å². The van der Waals surface area contributed by atoms with Gasteiger partial charge >= 0.3 is 0 Å². The molecule has 1 saturated carbocycles. The lowest BCUT2D eigenvalue weighted by Crippen LogP contribution is -2.63. The molecule has 3 rings (SSSR count). The van der Waals surface area contributed by atoms with Crippen molar-refractivity contribution in [2.24, 2.45) is 17.8 Å². The standard InChI is InChI=1S/C12H17NO2/c1-12(15)6-13(7-12)11(14)10-5-8-2-3-9(10)4-8/h2-3,8-10,15H,4-7H2,1H3. The summed E-state index contributed by atoms with van der Waals surface area (Å²) in [4.78, 5) is 13.9. The second-order valence-corrected chi connectivity index (χ2v) is 5.58. The molecule has 0 aromatic carbocycles. The van der Waals surface area contributed by atoms with Gasteiger partial charge in [-0.1, -0.05) is 12.2 Å². The van der Waals surface area contributed by atoms with Gasteiger partial charge in [0, 0.05) is 5.92 Å².